The predicted molar refractivity (Wildman–Crippen MR) is 563 cm³/mol. The zero-order valence-electron chi connectivity index (χ0n) is 85.0. The van der Waals surface area contributed by atoms with Gasteiger partial charge in [-0.05, 0) is 221 Å². The molecule has 6 amide bonds. The number of hydrogen-bond acceptors (Lipinski definition) is 32. The van der Waals surface area contributed by atoms with Crippen molar-refractivity contribution in [2.75, 3.05) is 5.32 Å². The molecule has 18 heterocycles. The Balaban J connectivity index is 0.000000155. The number of carbonyl (C=O) groups is 5. The fraction of sp³-hybridized carbons (Fsp3) is 0.442. The Morgan fingerprint density at radius 3 is 0.933 bits per heavy atom. The Bertz CT molecular complexity index is 6610. The minimum absolute atomic E-state index is 0.0665. The molecule has 0 bridgehead atoms. The van der Waals surface area contributed by atoms with E-state index in [1.165, 1.54) is 49.3 Å². The number of ether oxygens (including phenoxy) is 4. The molecule has 55 heteroatoms. The van der Waals surface area contributed by atoms with Gasteiger partial charge in [-0.3, -0.25) is 30.6 Å². The Morgan fingerprint density at radius 2 is 0.660 bits per heavy atom. The zero-order valence-corrected chi connectivity index (χ0v) is 92.3. The first-order chi connectivity index (χ1) is 70.2. The van der Waals surface area contributed by atoms with Crippen LogP contribution in [0, 0.1) is 0 Å². The van der Waals surface area contributed by atoms with E-state index in [2.05, 4.69) is 138 Å². The summed E-state index contributed by atoms with van der Waals surface area (Å²) in [6.07, 6.45) is 1.95. The van der Waals surface area contributed by atoms with Crippen molar-refractivity contribution >= 4 is 161 Å². The molecule has 0 aliphatic carbocycles. The summed E-state index contributed by atoms with van der Waals surface area (Å²) in [7, 11) is -14.3. The number of thiophene rings is 6. The van der Waals surface area contributed by atoms with E-state index in [0.29, 0.717) is 58.7 Å². The van der Waals surface area contributed by atoms with Crippen molar-refractivity contribution in [2.45, 2.75) is 272 Å². The topological polar surface area (TPSA) is 502 Å². The van der Waals surface area contributed by atoms with Crippen LogP contribution in [0.3, 0.4) is 0 Å². The number of H-pyrrole nitrogens is 6. The lowest BCUT2D eigenvalue weighted by Gasteiger charge is -2.34. The molecule has 38 nitrogen and oxygen atoms in total. The first-order valence-electron chi connectivity index (χ1n) is 47.0. The van der Waals surface area contributed by atoms with Gasteiger partial charge in [0, 0.05) is 192 Å². The fourth-order valence-corrected chi connectivity index (χ4v) is 20.8. The van der Waals surface area contributed by atoms with Crippen LogP contribution in [0.2, 0.25) is 5.02 Å². The number of nitrogens with one attached hydrogen (secondary N) is 8. The number of amides is 6. The van der Waals surface area contributed by atoms with Gasteiger partial charge in [-0.15, -0.1) is 10.2 Å². The maximum absolute atomic E-state index is 12.8. The lowest BCUT2D eigenvalue weighted by Crippen LogP contribution is -2.45. The van der Waals surface area contributed by atoms with Gasteiger partial charge in [-0.25, -0.2) is 24.0 Å². The Hall–Kier alpha value is -11.7. The molecule has 6 aliphatic rings. The van der Waals surface area contributed by atoms with Crippen molar-refractivity contribution < 1.29 is 115 Å². The first-order valence-corrected chi connectivity index (χ1v) is 55.8. The van der Waals surface area contributed by atoms with Crippen molar-refractivity contribution in [3.05, 3.63) is 198 Å². The number of anilines is 1. The molecular weight excluding hydrogens is 2140 g/mol. The van der Waals surface area contributed by atoms with E-state index in [4.69, 9.17) is 50.6 Å². The van der Waals surface area contributed by atoms with E-state index in [9.17, 15) is 67.2 Å². The van der Waals surface area contributed by atoms with Crippen molar-refractivity contribution in [2.24, 2.45) is 0 Å². The van der Waals surface area contributed by atoms with Gasteiger partial charge in [0.05, 0.1) is 66.6 Å². The third-order valence-electron chi connectivity index (χ3n) is 23.2. The molecule has 150 heavy (non-hydrogen) atoms. The highest BCUT2D eigenvalue weighted by atomic mass is 35.5. The molecule has 0 saturated carbocycles. The van der Waals surface area contributed by atoms with Crippen LogP contribution < -0.4 is 29.9 Å². The summed E-state index contributed by atoms with van der Waals surface area (Å²) in [4.78, 5) is 70.1. The Labute approximate surface area is 892 Å². The van der Waals surface area contributed by atoms with Crippen LogP contribution in [-0.4, -0.2) is 237 Å². The molecule has 810 valence electrons. The highest BCUT2D eigenvalue weighted by Gasteiger charge is 2.52. The molecular formula is C95H118B2ClF6N19O19S8. The molecule has 0 spiro atoms. The minimum Gasteiger partial charge on any atom is -0.444 e. The van der Waals surface area contributed by atoms with Crippen molar-refractivity contribution in [1.82, 2.24) is 91.0 Å². The van der Waals surface area contributed by atoms with Crippen LogP contribution in [0.15, 0.2) is 125 Å². The van der Waals surface area contributed by atoms with E-state index in [-0.39, 0.29) is 85.5 Å². The van der Waals surface area contributed by atoms with Gasteiger partial charge in [0.1, 0.15) is 22.4 Å². The lowest BCUT2D eigenvalue weighted by atomic mass is 9.83. The summed E-state index contributed by atoms with van der Waals surface area (Å²) in [5.41, 5.74) is 6.85. The summed E-state index contributed by atoms with van der Waals surface area (Å²) in [5.74, 6) is -1.46. The number of benzene rings is 1. The molecule has 19 rings (SSSR count). The third kappa shape index (κ3) is 31.1. The zero-order chi connectivity index (χ0) is 110. The number of fused-ring (bicyclic) bond motifs is 6. The van der Waals surface area contributed by atoms with Crippen molar-refractivity contribution in [3.63, 3.8) is 0 Å². The molecule has 0 radical (unpaired) electrons. The molecule has 0 saturated heterocycles. The first kappa shape index (κ1) is 117. The molecule has 6 atom stereocenters. The van der Waals surface area contributed by atoms with Gasteiger partial charge in [0.15, 0.2) is 0 Å². The maximum atomic E-state index is 12.8. The summed E-state index contributed by atoms with van der Waals surface area (Å²) in [6, 6.07) is 18.9. The SMILES string of the molecule is C[C@@H]1Cc2[nH]nc(-c3ccsc3)c2CN1C(=O)OC(C)(C)C.C[C@@H]1Cc2[nH]nc(OS(=O)(=O)C(F)(F)F)c2CN1C(=O)OC(C)(C)C.C[C@H]1Cc2[nH]nc(-c3ccsc3)c2CN1.C[C@H]1Cc2[nH]nc(-c3ccsc3)c2CN1C(=O)Nc1cccc(Cl)c1.C[C@H]1Cc2[nH]nc(-c3ccsc3)c2CN1C(=O)OC(C)(C)C.C[C@H]1Cc2[nH]nc(OS(=O)(=O)C(F)(F)F)c2CN1C(=O)OC(C)(C)C.OB(O)c1ccsc1.OB(O)c1ccsc1. The van der Waals surface area contributed by atoms with Gasteiger partial charge in [-0.2, -0.15) is 132 Å². The van der Waals surface area contributed by atoms with Crippen LogP contribution in [0.4, 0.5) is 56.0 Å². The monoisotopic (exact) mass is 2260 g/mol. The number of aromatic amines is 6. The lowest BCUT2D eigenvalue weighted by molar-refractivity contribution is -0.0506. The number of hydrogen-bond donors (Lipinski definition) is 12. The average Bonchev–Trinajstić information content (AvgIpc) is 1.65. The Kier molecular flexibility index (Phi) is 38.2. The van der Waals surface area contributed by atoms with Gasteiger partial charge in [0.2, 0.25) is 0 Å². The second-order valence-electron chi connectivity index (χ2n) is 39.7. The number of urea groups is 1. The normalized spacial score (nSPS) is 17.3. The van der Waals surface area contributed by atoms with Crippen LogP contribution in [0.5, 0.6) is 11.8 Å². The second kappa shape index (κ2) is 49.0. The van der Waals surface area contributed by atoms with Gasteiger partial charge in [-0.1, -0.05) is 29.8 Å². The quantitative estimate of drug-likeness (QED) is 0.0188. The van der Waals surface area contributed by atoms with E-state index >= 15 is 0 Å². The summed E-state index contributed by atoms with van der Waals surface area (Å²) in [5, 5.41) is 107. The van der Waals surface area contributed by atoms with Gasteiger partial charge < -0.3 is 82.5 Å². The number of alkyl halides is 6. The fourth-order valence-electron chi connectivity index (χ4n) is 15.9. The average molecular weight is 2260 g/mol. The van der Waals surface area contributed by atoms with Crippen LogP contribution in [0.25, 0.3) is 45.0 Å². The summed E-state index contributed by atoms with van der Waals surface area (Å²) < 4.78 is 149. The van der Waals surface area contributed by atoms with Crippen molar-refractivity contribution in [3.8, 4) is 56.8 Å². The largest absolute Gasteiger partial charge is 0.534 e. The smallest absolute Gasteiger partial charge is 0.444 e. The molecule has 0 fully saturated rings. The predicted octanol–water partition coefficient (Wildman–Crippen LogP) is 18.1. The molecule has 0 unspecified atom stereocenters. The minimum atomic E-state index is -5.85. The van der Waals surface area contributed by atoms with E-state index in [1.807, 2.05) is 95.5 Å². The molecule has 13 aromatic rings. The number of aromatic nitrogens is 12. The van der Waals surface area contributed by atoms with Crippen LogP contribution in [-0.2, 0) is 117 Å². The van der Waals surface area contributed by atoms with Crippen LogP contribution in [0.1, 0.15) is 192 Å². The summed E-state index contributed by atoms with van der Waals surface area (Å²) >= 11 is 15.5. The molecule has 12 N–H and O–H groups in total. The number of halogens is 7. The van der Waals surface area contributed by atoms with E-state index in [0.717, 1.165) is 105 Å². The van der Waals surface area contributed by atoms with Gasteiger partial charge in [0.25, 0.3) is 11.8 Å². The highest BCUT2D eigenvalue weighted by molar-refractivity contribution is 7.88. The number of carbonyl (C=O) groups excluding carboxylic acids is 5. The van der Waals surface area contributed by atoms with Gasteiger partial charge >= 0.3 is 75.9 Å². The maximum Gasteiger partial charge on any atom is 0.534 e. The number of rotatable bonds is 11. The van der Waals surface area contributed by atoms with E-state index < -0.39 is 91.8 Å². The molecule has 1 aromatic carbocycles. The highest BCUT2D eigenvalue weighted by Crippen LogP contribution is 2.41. The van der Waals surface area contributed by atoms with Crippen molar-refractivity contribution in [1.29, 1.82) is 0 Å². The second-order valence-corrected chi connectivity index (χ2v) is 47.9. The standard InChI is InChI=1S/C18H17ClN4OS.2C16H21N3O2S.2C13H18F3N3O5S.C11H13N3S.2C4H5BO2S/c1-11-7-16-15(17(22-21-16)12-5-6-25-10-12)9-23(11)18(24)20-14-4-2-3-13(19)8-14;2*1-10-7-13-12(8-19(10)15(20)21-16(2,3)4)14(18-17-13)11-5-6-22-9-11;2*1-7-5-9-8(6-19(7)11(20)23-12(2,3)4)10(18-17-9)24-25(21,22)13(14,15)16;1-7-4-10-9(5-12-7)11(14-13-10)8-2-3-15-6-8;2*6-5(7)4-1-2-8-3-4/h2-6,8,10-11H,7,9H2,1H3,(H,20,24)(H,21,22);2*5-6,9-10H,7-8H2,1-4H3,(H,17,18);2*7H,5-6H2,1-4H3,(H,17,18);2-3,6-7,12H,4-5H2,1H3,(H,13,14);2*1-3,6-7H/t11-;2*10-;3*7-;;/m010100../s1. The van der Waals surface area contributed by atoms with E-state index in [1.54, 1.807) is 156 Å². The summed E-state index contributed by atoms with van der Waals surface area (Å²) in [6.45, 7) is 35.3. The van der Waals surface area contributed by atoms with Crippen LogP contribution >= 0.6 is 79.6 Å². The molecule has 12 aromatic heterocycles. The number of nitrogens with zero attached hydrogens (tertiary/aromatic N) is 11. The molecule has 6 aliphatic heterocycles. The Morgan fingerprint density at radius 1 is 0.387 bits per heavy atom. The third-order valence-corrected chi connectivity index (χ3v) is 29.5.